The molecule has 0 N–H and O–H groups in total. The predicted molar refractivity (Wildman–Crippen MR) is 109 cm³/mol. The van der Waals surface area contributed by atoms with Crippen LogP contribution in [0.15, 0.2) is 54.0 Å². The van der Waals surface area contributed by atoms with Gasteiger partial charge in [0.25, 0.3) is 5.91 Å². The van der Waals surface area contributed by atoms with Crippen LogP contribution in [0.1, 0.15) is 20.7 Å². The number of benzene rings is 2. The summed E-state index contributed by atoms with van der Waals surface area (Å²) in [6.07, 6.45) is 1.73. The second kappa shape index (κ2) is 7.92. The number of aromatic nitrogens is 1. The molecule has 2 aromatic carbocycles. The van der Waals surface area contributed by atoms with E-state index in [4.69, 9.17) is 14.2 Å². The molecule has 0 saturated heterocycles. The van der Waals surface area contributed by atoms with Gasteiger partial charge in [-0.1, -0.05) is 17.4 Å². The number of methoxy groups -OCH3 is 1. The van der Waals surface area contributed by atoms with Crippen molar-refractivity contribution in [3.8, 4) is 11.5 Å². The second-order valence-corrected chi connectivity index (χ2v) is 7.24. The Bertz CT molecular complexity index is 1190. The van der Waals surface area contributed by atoms with Crippen molar-refractivity contribution in [3.05, 3.63) is 65.0 Å². The van der Waals surface area contributed by atoms with E-state index in [0.29, 0.717) is 47.2 Å². The first-order valence-corrected chi connectivity index (χ1v) is 9.73. The molecule has 1 aliphatic rings. The molecule has 148 valence electrons. The zero-order valence-corrected chi connectivity index (χ0v) is 16.5. The van der Waals surface area contributed by atoms with E-state index in [0.717, 1.165) is 10.2 Å². The number of thiazole rings is 1. The Kier molecular flexibility index (Phi) is 5.18. The molecular weight excluding hydrogens is 392 g/mol. The third-order valence-electron chi connectivity index (χ3n) is 4.40. The fraction of sp³-hybridized carbons (Fsp3) is 0.190. The number of hydrogen-bond acceptors (Lipinski definition) is 6. The van der Waals surface area contributed by atoms with Crippen LogP contribution >= 0.6 is 11.3 Å². The van der Waals surface area contributed by atoms with Crippen LogP contribution in [-0.2, 0) is 11.3 Å². The molecule has 0 bridgehead atoms. The Morgan fingerprint density at radius 3 is 2.69 bits per heavy atom. The van der Waals surface area contributed by atoms with E-state index in [-0.39, 0.29) is 5.91 Å². The summed E-state index contributed by atoms with van der Waals surface area (Å²) in [5, 5.41) is 0. The minimum absolute atomic E-state index is 0.389. The number of carbonyl (C=O) groups excluding carboxylic acids is 2. The number of carbonyl (C=O) groups is 2. The lowest BCUT2D eigenvalue weighted by molar-refractivity contribution is 0.0601. The van der Waals surface area contributed by atoms with E-state index >= 15 is 0 Å². The van der Waals surface area contributed by atoms with Crippen molar-refractivity contribution in [2.45, 2.75) is 6.54 Å². The van der Waals surface area contributed by atoms with E-state index in [1.165, 1.54) is 18.4 Å². The number of amides is 1. The Labute approximate surface area is 170 Å². The Balaban J connectivity index is 1.78. The lowest BCUT2D eigenvalue weighted by Crippen LogP contribution is -2.17. The highest BCUT2D eigenvalue weighted by Crippen LogP contribution is 2.31. The highest BCUT2D eigenvalue weighted by Gasteiger charge is 2.16. The smallest absolute Gasteiger partial charge is 0.337 e. The van der Waals surface area contributed by atoms with Crippen LogP contribution in [0.5, 0.6) is 11.5 Å². The number of esters is 1. The van der Waals surface area contributed by atoms with Crippen molar-refractivity contribution in [2.75, 3.05) is 20.3 Å². The van der Waals surface area contributed by atoms with Crippen LogP contribution in [0.4, 0.5) is 0 Å². The minimum atomic E-state index is -0.415. The van der Waals surface area contributed by atoms with E-state index in [1.54, 1.807) is 36.4 Å². The SMILES string of the molecule is C=CCn1c(=NC(=O)c2ccc3c(c2)OCCO3)sc2cc(C(=O)OC)ccc21. The van der Waals surface area contributed by atoms with Gasteiger partial charge < -0.3 is 18.8 Å². The highest BCUT2D eigenvalue weighted by molar-refractivity contribution is 7.16. The lowest BCUT2D eigenvalue weighted by atomic mass is 10.2. The van der Waals surface area contributed by atoms with E-state index < -0.39 is 5.97 Å². The van der Waals surface area contributed by atoms with Gasteiger partial charge in [-0.3, -0.25) is 4.79 Å². The summed E-state index contributed by atoms with van der Waals surface area (Å²) >= 11 is 1.32. The van der Waals surface area contributed by atoms with E-state index in [1.807, 2.05) is 10.6 Å². The van der Waals surface area contributed by atoms with Crippen LogP contribution in [0, 0.1) is 0 Å². The first kappa shape index (κ1) is 18.9. The number of fused-ring (bicyclic) bond motifs is 2. The number of rotatable bonds is 4. The summed E-state index contributed by atoms with van der Waals surface area (Å²) in [5.74, 6) is 0.350. The number of hydrogen-bond donors (Lipinski definition) is 0. The van der Waals surface area contributed by atoms with Gasteiger partial charge in [-0.15, -0.1) is 6.58 Å². The Morgan fingerprint density at radius 2 is 1.93 bits per heavy atom. The van der Waals surface area contributed by atoms with E-state index in [9.17, 15) is 9.59 Å². The fourth-order valence-electron chi connectivity index (χ4n) is 3.04. The molecule has 2 heterocycles. The van der Waals surface area contributed by atoms with Gasteiger partial charge >= 0.3 is 5.97 Å². The van der Waals surface area contributed by atoms with Gasteiger partial charge in [0, 0.05) is 12.1 Å². The maximum atomic E-state index is 12.8. The van der Waals surface area contributed by atoms with Crippen molar-refractivity contribution in [3.63, 3.8) is 0 Å². The van der Waals surface area contributed by atoms with Gasteiger partial charge in [0.05, 0.1) is 22.9 Å². The molecule has 0 atom stereocenters. The fourth-order valence-corrected chi connectivity index (χ4v) is 4.11. The number of ether oxygens (including phenoxy) is 3. The molecule has 0 fully saturated rings. The molecule has 8 heteroatoms. The maximum absolute atomic E-state index is 12.8. The predicted octanol–water partition coefficient (Wildman–Crippen LogP) is 3.19. The third-order valence-corrected chi connectivity index (χ3v) is 5.44. The summed E-state index contributed by atoms with van der Waals surface area (Å²) in [6, 6.07) is 10.3. The molecule has 0 spiro atoms. The zero-order chi connectivity index (χ0) is 20.4. The van der Waals surface area contributed by atoms with Crippen LogP contribution in [0.2, 0.25) is 0 Å². The van der Waals surface area contributed by atoms with E-state index in [2.05, 4.69) is 11.6 Å². The highest BCUT2D eigenvalue weighted by atomic mass is 32.1. The third kappa shape index (κ3) is 3.66. The molecule has 7 nitrogen and oxygen atoms in total. The van der Waals surface area contributed by atoms with Crippen LogP contribution < -0.4 is 14.3 Å². The van der Waals surface area contributed by atoms with Crippen molar-refractivity contribution in [1.82, 2.24) is 4.57 Å². The molecule has 4 rings (SSSR count). The van der Waals surface area contributed by atoms with Crippen molar-refractivity contribution in [2.24, 2.45) is 4.99 Å². The minimum Gasteiger partial charge on any atom is -0.486 e. The summed E-state index contributed by atoms with van der Waals surface area (Å²) in [5.41, 5.74) is 1.71. The topological polar surface area (TPSA) is 79.1 Å². The quantitative estimate of drug-likeness (QED) is 0.488. The summed E-state index contributed by atoms with van der Waals surface area (Å²) in [6.45, 7) is 5.19. The monoisotopic (exact) mass is 410 g/mol. The first-order valence-electron chi connectivity index (χ1n) is 8.92. The normalized spacial score (nSPS) is 13.3. The Morgan fingerprint density at radius 1 is 1.17 bits per heavy atom. The molecule has 1 amide bonds. The van der Waals surface area contributed by atoms with Gasteiger partial charge in [-0.2, -0.15) is 4.99 Å². The van der Waals surface area contributed by atoms with Crippen LogP contribution in [-0.4, -0.2) is 36.8 Å². The van der Waals surface area contributed by atoms with Crippen molar-refractivity contribution >= 4 is 33.4 Å². The molecule has 1 aromatic heterocycles. The summed E-state index contributed by atoms with van der Waals surface area (Å²) < 4.78 is 18.5. The van der Waals surface area contributed by atoms with Gasteiger partial charge in [-0.25, -0.2) is 4.79 Å². The van der Waals surface area contributed by atoms with Gasteiger partial charge in [0.15, 0.2) is 16.3 Å². The average Bonchev–Trinajstić information content (AvgIpc) is 3.09. The van der Waals surface area contributed by atoms with Crippen LogP contribution in [0.3, 0.4) is 0 Å². The average molecular weight is 410 g/mol. The molecule has 0 radical (unpaired) electrons. The molecule has 0 saturated carbocycles. The molecule has 29 heavy (non-hydrogen) atoms. The first-order chi connectivity index (χ1) is 14.1. The van der Waals surface area contributed by atoms with Gasteiger partial charge in [0.1, 0.15) is 13.2 Å². The summed E-state index contributed by atoms with van der Waals surface area (Å²) in [4.78, 5) is 29.4. The molecule has 0 unspecified atom stereocenters. The largest absolute Gasteiger partial charge is 0.486 e. The lowest BCUT2D eigenvalue weighted by Gasteiger charge is -2.18. The number of allylic oxidation sites excluding steroid dienone is 1. The Hall–Kier alpha value is -3.39. The summed E-state index contributed by atoms with van der Waals surface area (Å²) in [7, 11) is 1.34. The zero-order valence-electron chi connectivity index (χ0n) is 15.7. The van der Waals surface area contributed by atoms with Crippen LogP contribution in [0.25, 0.3) is 10.2 Å². The maximum Gasteiger partial charge on any atom is 0.337 e. The van der Waals surface area contributed by atoms with Gasteiger partial charge in [-0.05, 0) is 36.4 Å². The van der Waals surface area contributed by atoms with Crippen molar-refractivity contribution in [1.29, 1.82) is 0 Å². The van der Waals surface area contributed by atoms with Gasteiger partial charge in [0.2, 0.25) is 0 Å². The molecule has 0 aliphatic carbocycles. The molecule has 3 aromatic rings. The standard InChI is InChI=1S/C21H18N2O5S/c1-3-8-23-15-6-4-14(20(25)26-2)12-18(15)29-21(23)22-19(24)13-5-7-16-17(11-13)28-10-9-27-16/h3-7,11-12H,1,8-10H2,2H3. The number of nitrogens with zero attached hydrogens (tertiary/aromatic N) is 2. The second-order valence-electron chi connectivity index (χ2n) is 6.23. The van der Waals surface area contributed by atoms with Crippen molar-refractivity contribution < 1.29 is 23.8 Å². The molecule has 1 aliphatic heterocycles. The molecular formula is C21H18N2O5S.